The molecule has 0 heterocycles. The van der Waals surface area contributed by atoms with Crippen molar-refractivity contribution in [1.82, 2.24) is 0 Å². The van der Waals surface area contributed by atoms with Crippen LogP contribution in [-0.4, -0.2) is 10.9 Å². The highest BCUT2D eigenvalue weighted by atomic mass is 35.5. The van der Waals surface area contributed by atoms with Crippen molar-refractivity contribution >= 4 is 23.4 Å². The second-order valence-electron chi connectivity index (χ2n) is 3.21. The van der Waals surface area contributed by atoms with E-state index in [9.17, 15) is 5.11 Å². The fourth-order valence-corrected chi connectivity index (χ4v) is 2.24. The molecule has 0 aliphatic carbocycles. The molecule has 1 atom stereocenters. The number of halogens is 1. The van der Waals surface area contributed by atoms with Crippen molar-refractivity contribution in [2.24, 2.45) is 0 Å². The number of aliphatic hydroxyl groups is 1. The van der Waals surface area contributed by atoms with E-state index in [-0.39, 0.29) is 0 Å². The molecular formula is C11H15ClOS. The van der Waals surface area contributed by atoms with E-state index in [2.05, 4.69) is 6.92 Å². The third-order valence-corrected chi connectivity index (χ3v) is 3.60. The van der Waals surface area contributed by atoms with Crippen molar-refractivity contribution in [3.05, 3.63) is 28.8 Å². The molecule has 1 rings (SSSR count). The minimum atomic E-state index is -0.447. The summed E-state index contributed by atoms with van der Waals surface area (Å²) in [7, 11) is 0. The predicted octanol–water partition coefficient (Wildman–Crippen LogP) is 3.90. The summed E-state index contributed by atoms with van der Waals surface area (Å²) in [5.41, 5.74) is 0.871. The normalized spacial score (nSPS) is 12.9. The molecule has 0 saturated heterocycles. The quantitative estimate of drug-likeness (QED) is 0.792. The third kappa shape index (κ3) is 3.19. The first kappa shape index (κ1) is 11.9. The molecule has 3 heteroatoms. The van der Waals surface area contributed by atoms with Crippen LogP contribution in [0, 0.1) is 0 Å². The average Bonchev–Trinajstić information content (AvgIpc) is 2.15. The summed E-state index contributed by atoms with van der Waals surface area (Å²) in [5.74, 6) is 1.08. The maximum atomic E-state index is 9.35. The van der Waals surface area contributed by atoms with E-state index >= 15 is 0 Å². The molecule has 1 nitrogen and oxygen atoms in total. The van der Waals surface area contributed by atoms with Crippen LogP contribution in [0.25, 0.3) is 0 Å². The molecule has 0 bridgehead atoms. The Bertz CT molecular complexity index is 299. The summed E-state index contributed by atoms with van der Waals surface area (Å²) in [6.45, 7) is 3.88. The smallest absolute Gasteiger partial charge is 0.0762 e. The van der Waals surface area contributed by atoms with Crippen LogP contribution in [0.1, 0.15) is 31.9 Å². The molecule has 14 heavy (non-hydrogen) atoms. The van der Waals surface area contributed by atoms with Crippen molar-refractivity contribution in [2.45, 2.75) is 31.3 Å². The topological polar surface area (TPSA) is 20.2 Å². The molecule has 0 spiro atoms. The van der Waals surface area contributed by atoms with Crippen LogP contribution < -0.4 is 0 Å². The summed E-state index contributed by atoms with van der Waals surface area (Å²) < 4.78 is 0. The van der Waals surface area contributed by atoms with Crippen molar-refractivity contribution in [3.63, 3.8) is 0 Å². The van der Waals surface area contributed by atoms with Crippen LogP contribution in [0.4, 0.5) is 0 Å². The number of aliphatic hydroxyl groups excluding tert-OH is 1. The van der Waals surface area contributed by atoms with Gasteiger partial charge in [-0.1, -0.05) is 24.6 Å². The molecule has 1 aromatic rings. The van der Waals surface area contributed by atoms with E-state index in [1.807, 2.05) is 18.2 Å². The summed E-state index contributed by atoms with van der Waals surface area (Å²) in [4.78, 5) is 1.10. The first-order valence-corrected chi connectivity index (χ1v) is 6.11. The van der Waals surface area contributed by atoms with Crippen molar-refractivity contribution in [2.75, 3.05) is 5.75 Å². The Kier molecular flexibility index (Phi) is 4.79. The maximum absolute atomic E-state index is 9.35. The maximum Gasteiger partial charge on any atom is 0.0762 e. The van der Waals surface area contributed by atoms with Gasteiger partial charge in [-0.15, -0.1) is 11.8 Å². The van der Waals surface area contributed by atoms with Gasteiger partial charge in [0.05, 0.1) is 11.1 Å². The molecule has 0 radical (unpaired) electrons. The SMILES string of the molecule is CCCSc1ccc(C(C)O)cc1Cl. The standard InChI is InChI=1S/C11H15ClOS/c1-3-6-14-11-5-4-9(8(2)13)7-10(11)12/h4-5,7-8,13H,3,6H2,1-2H3. The molecule has 0 aliphatic rings. The minimum Gasteiger partial charge on any atom is -0.389 e. The fourth-order valence-electron chi connectivity index (χ4n) is 1.11. The fraction of sp³-hybridized carbons (Fsp3) is 0.455. The lowest BCUT2D eigenvalue weighted by atomic mass is 10.1. The largest absolute Gasteiger partial charge is 0.389 e. The lowest BCUT2D eigenvalue weighted by molar-refractivity contribution is 0.199. The number of hydrogen-bond donors (Lipinski definition) is 1. The molecule has 0 saturated carbocycles. The van der Waals surface area contributed by atoms with Gasteiger partial charge in [-0.05, 0) is 36.8 Å². The van der Waals surface area contributed by atoms with Gasteiger partial charge in [0.1, 0.15) is 0 Å². The predicted molar refractivity (Wildman–Crippen MR) is 63.1 cm³/mol. The average molecular weight is 231 g/mol. The van der Waals surface area contributed by atoms with Crippen LogP contribution in [-0.2, 0) is 0 Å². The Labute approximate surface area is 94.5 Å². The summed E-state index contributed by atoms with van der Waals surface area (Å²) in [6.07, 6.45) is 0.691. The zero-order valence-corrected chi connectivity index (χ0v) is 10.0. The van der Waals surface area contributed by atoms with E-state index in [0.29, 0.717) is 0 Å². The summed E-state index contributed by atoms with van der Waals surface area (Å²) >= 11 is 7.83. The Morgan fingerprint density at radius 3 is 2.71 bits per heavy atom. The van der Waals surface area contributed by atoms with E-state index in [0.717, 1.165) is 27.7 Å². The van der Waals surface area contributed by atoms with Crippen molar-refractivity contribution in [1.29, 1.82) is 0 Å². The lowest BCUT2D eigenvalue weighted by Crippen LogP contribution is -1.91. The van der Waals surface area contributed by atoms with Crippen LogP contribution in [0.2, 0.25) is 5.02 Å². The molecule has 78 valence electrons. The van der Waals surface area contributed by atoms with Crippen molar-refractivity contribution in [3.8, 4) is 0 Å². The van der Waals surface area contributed by atoms with Crippen LogP contribution >= 0.6 is 23.4 Å². The Morgan fingerprint density at radius 2 is 2.21 bits per heavy atom. The van der Waals surface area contributed by atoms with E-state index < -0.39 is 6.10 Å². The van der Waals surface area contributed by atoms with Gasteiger partial charge >= 0.3 is 0 Å². The van der Waals surface area contributed by atoms with Gasteiger partial charge < -0.3 is 5.11 Å². The van der Waals surface area contributed by atoms with Gasteiger partial charge in [0, 0.05) is 4.90 Å². The van der Waals surface area contributed by atoms with Crippen molar-refractivity contribution < 1.29 is 5.11 Å². The minimum absolute atomic E-state index is 0.447. The highest BCUT2D eigenvalue weighted by molar-refractivity contribution is 7.99. The van der Waals surface area contributed by atoms with Gasteiger partial charge in [-0.25, -0.2) is 0 Å². The molecular weight excluding hydrogens is 216 g/mol. The Balaban J connectivity index is 2.79. The highest BCUT2D eigenvalue weighted by Gasteiger charge is 2.05. The first-order chi connectivity index (χ1) is 6.65. The molecule has 0 aromatic heterocycles. The van der Waals surface area contributed by atoms with Gasteiger partial charge in [0.15, 0.2) is 0 Å². The molecule has 1 N–H and O–H groups in total. The monoisotopic (exact) mass is 230 g/mol. The van der Waals surface area contributed by atoms with E-state index in [1.165, 1.54) is 0 Å². The van der Waals surface area contributed by atoms with Gasteiger partial charge in [-0.3, -0.25) is 0 Å². The zero-order chi connectivity index (χ0) is 10.6. The highest BCUT2D eigenvalue weighted by Crippen LogP contribution is 2.29. The number of benzene rings is 1. The Morgan fingerprint density at radius 1 is 1.50 bits per heavy atom. The number of thioether (sulfide) groups is 1. The Hall–Kier alpha value is -0.180. The van der Waals surface area contributed by atoms with Crippen LogP contribution in [0.15, 0.2) is 23.1 Å². The van der Waals surface area contributed by atoms with Gasteiger partial charge in [0.25, 0.3) is 0 Å². The zero-order valence-electron chi connectivity index (χ0n) is 8.46. The molecule has 0 fully saturated rings. The number of rotatable bonds is 4. The van der Waals surface area contributed by atoms with Crippen LogP contribution in [0.3, 0.4) is 0 Å². The first-order valence-electron chi connectivity index (χ1n) is 4.75. The molecule has 0 amide bonds. The summed E-state index contributed by atoms with van der Waals surface area (Å²) in [6, 6.07) is 5.74. The van der Waals surface area contributed by atoms with Gasteiger partial charge in [-0.2, -0.15) is 0 Å². The second-order valence-corrected chi connectivity index (χ2v) is 4.76. The second kappa shape index (κ2) is 5.64. The third-order valence-electron chi connectivity index (χ3n) is 1.90. The van der Waals surface area contributed by atoms with E-state index in [1.54, 1.807) is 18.7 Å². The molecule has 1 unspecified atom stereocenters. The van der Waals surface area contributed by atoms with E-state index in [4.69, 9.17) is 11.6 Å². The lowest BCUT2D eigenvalue weighted by Gasteiger charge is -2.08. The van der Waals surface area contributed by atoms with Crippen LogP contribution in [0.5, 0.6) is 0 Å². The summed E-state index contributed by atoms with van der Waals surface area (Å²) in [5, 5.41) is 10.1. The molecule has 1 aromatic carbocycles. The number of hydrogen-bond acceptors (Lipinski definition) is 2. The molecule has 0 aliphatic heterocycles. The van der Waals surface area contributed by atoms with Gasteiger partial charge in [0.2, 0.25) is 0 Å².